The van der Waals surface area contributed by atoms with Crippen LogP contribution < -0.4 is 10.1 Å². The minimum absolute atomic E-state index is 0.0132. The molecule has 0 saturated heterocycles. The Balaban J connectivity index is 1.97. The number of methoxy groups -OCH3 is 1. The molecule has 2 aromatic rings. The zero-order chi connectivity index (χ0) is 24.1. The molecular weight excluding hydrogens is 456 g/mol. The maximum absolute atomic E-state index is 12.5. The number of amides is 1. The number of hydrogen-bond donors (Lipinski definition) is 1. The molecule has 0 fully saturated rings. The van der Waals surface area contributed by atoms with Crippen LogP contribution in [0.1, 0.15) is 26.3 Å². The van der Waals surface area contributed by atoms with E-state index < -0.39 is 35.1 Å². The molecule has 1 amide bonds. The molecule has 8 nitrogen and oxygen atoms in total. The molecule has 0 aliphatic rings. The molecule has 0 heterocycles. The monoisotopic (exact) mass is 482 g/mol. The molecule has 0 aliphatic heterocycles. The number of halogens is 1. The van der Waals surface area contributed by atoms with Gasteiger partial charge in [0.2, 0.25) is 10.0 Å². The van der Waals surface area contributed by atoms with Gasteiger partial charge < -0.3 is 14.8 Å². The number of ether oxygens (including phenoxy) is 2. The average Bonchev–Trinajstić information content (AvgIpc) is 2.71. The normalized spacial score (nSPS) is 11.8. The molecular formula is C22H27ClN2O6S. The predicted molar refractivity (Wildman–Crippen MR) is 123 cm³/mol. The van der Waals surface area contributed by atoms with E-state index in [4.69, 9.17) is 21.1 Å². The molecule has 0 saturated carbocycles. The van der Waals surface area contributed by atoms with Crippen LogP contribution in [0.2, 0.25) is 5.02 Å². The van der Waals surface area contributed by atoms with Crippen LogP contribution in [0.15, 0.2) is 47.4 Å². The van der Waals surface area contributed by atoms with Crippen molar-refractivity contribution < 1.29 is 27.5 Å². The number of nitrogens with one attached hydrogen (secondary N) is 1. The molecule has 0 spiro atoms. The van der Waals surface area contributed by atoms with Crippen molar-refractivity contribution in [3.8, 4) is 5.75 Å². The van der Waals surface area contributed by atoms with Crippen LogP contribution in [-0.4, -0.2) is 51.9 Å². The van der Waals surface area contributed by atoms with Gasteiger partial charge in [-0.25, -0.2) is 8.42 Å². The van der Waals surface area contributed by atoms with Gasteiger partial charge in [-0.15, -0.1) is 0 Å². The molecule has 0 bridgehead atoms. The van der Waals surface area contributed by atoms with Gasteiger partial charge in [-0.2, -0.15) is 4.31 Å². The van der Waals surface area contributed by atoms with Gasteiger partial charge in [-0.05, 0) is 47.4 Å². The first-order chi connectivity index (χ1) is 14.8. The highest BCUT2D eigenvalue weighted by Gasteiger charge is 2.24. The Bertz CT molecular complexity index is 1080. The zero-order valence-electron chi connectivity index (χ0n) is 18.6. The van der Waals surface area contributed by atoms with E-state index in [-0.39, 0.29) is 10.3 Å². The molecule has 10 heteroatoms. The van der Waals surface area contributed by atoms with Crippen molar-refractivity contribution in [3.05, 3.63) is 53.1 Å². The summed E-state index contributed by atoms with van der Waals surface area (Å²) < 4.78 is 36.1. The fourth-order valence-corrected chi connectivity index (χ4v) is 3.94. The highest BCUT2D eigenvalue weighted by molar-refractivity contribution is 7.89. The van der Waals surface area contributed by atoms with Gasteiger partial charge in [0.25, 0.3) is 5.91 Å². The van der Waals surface area contributed by atoms with Crippen molar-refractivity contribution in [2.45, 2.75) is 31.1 Å². The Morgan fingerprint density at radius 3 is 2.28 bits per heavy atom. The molecule has 2 rings (SSSR count). The lowest BCUT2D eigenvalue weighted by molar-refractivity contribution is -0.147. The summed E-state index contributed by atoms with van der Waals surface area (Å²) in [6.45, 7) is 4.99. The minimum Gasteiger partial charge on any atom is -0.495 e. The summed E-state index contributed by atoms with van der Waals surface area (Å²) in [5, 5.41) is 3.05. The van der Waals surface area contributed by atoms with Gasteiger partial charge in [0.05, 0.1) is 17.7 Å². The van der Waals surface area contributed by atoms with E-state index in [1.807, 2.05) is 26.8 Å². The smallest absolute Gasteiger partial charge is 0.321 e. The van der Waals surface area contributed by atoms with Crippen molar-refractivity contribution >= 4 is 39.2 Å². The van der Waals surface area contributed by atoms with Crippen molar-refractivity contribution in [2.75, 3.05) is 32.6 Å². The quantitative estimate of drug-likeness (QED) is 0.578. The first-order valence-electron chi connectivity index (χ1n) is 9.70. The molecule has 174 valence electrons. The van der Waals surface area contributed by atoms with Gasteiger partial charge in [0, 0.05) is 12.1 Å². The number of carbonyl (C=O) groups is 2. The number of anilines is 1. The first kappa shape index (κ1) is 25.6. The number of esters is 1. The van der Waals surface area contributed by atoms with Crippen molar-refractivity contribution in [2.24, 2.45) is 0 Å². The lowest BCUT2D eigenvalue weighted by Gasteiger charge is -2.21. The largest absolute Gasteiger partial charge is 0.495 e. The third kappa shape index (κ3) is 6.69. The fourth-order valence-electron chi connectivity index (χ4n) is 2.70. The number of likely N-dealkylation sites (N-methyl/N-ethyl adjacent to an activating group) is 1. The fraction of sp³-hybridized carbons (Fsp3) is 0.364. The summed E-state index contributed by atoms with van der Waals surface area (Å²) >= 11 is 5.78. The van der Waals surface area contributed by atoms with E-state index in [0.29, 0.717) is 16.5 Å². The maximum atomic E-state index is 12.5. The molecule has 32 heavy (non-hydrogen) atoms. The van der Waals surface area contributed by atoms with E-state index in [1.165, 1.54) is 38.4 Å². The number of benzene rings is 2. The summed E-state index contributed by atoms with van der Waals surface area (Å²) in [5.41, 5.74) is 1.29. The Labute approximate surface area is 193 Å². The average molecular weight is 483 g/mol. The second-order valence-corrected chi connectivity index (χ2v) is 10.6. The molecule has 0 aliphatic carbocycles. The van der Waals surface area contributed by atoms with Gasteiger partial charge in [0.15, 0.2) is 6.61 Å². The third-order valence-corrected chi connectivity index (χ3v) is 6.65. The molecule has 0 aromatic heterocycles. The van der Waals surface area contributed by atoms with Crippen LogP contribution in [0.4, 0.5) is 5.69 Å². The molecule has 0 atom stereocenters. The number of nitrogens with zero attached hydrogens (tertiary/aromatic N) is 1. The van der Waals surface area contributed by atoms with E-state index >= 15 is 0 Å². The van der Waals surface area contributed by atoms with E-state index in [9.17, 15) is 18.0 Å². The van der Waals surface area contributed by atoms with E-state index in [1.54, 1.807) is 12.1 Å². The number of rotatable bonds is 8. The number of carbonyl (C=O) groups excluding carboxylic acids is 2. The van der Waals surface area contributed by atoms with Crippen LogP contribution in [0.5, 0.6) is 5.75 Å². The Hall–Kier alpha value is -2.62. The Kier molecular flexibility index (Phi) is 8.28. The molecule has 0 radical (unpaired) electrons. The van der Waals surface area contributed by atoms with Crippen LogP contribution in [0, 0.1) is 0 Å². The zero-order valence-corrected chi connectivity index (χ0v) is 20.2. The highest BCUT2D eigenvalue weighted by Crippen LogP contribution is 2.31. The summed E-state index contributed by atoms with van der Waals surface area (Å²) in [7, 11) is -1.18. The second-order valence-electron chi connectivity index (χ2n) is 8.09. The maximum Gasteiger partial charge on any atom is 0.321 e. The number of hydrogen-bond acceptors (Lipinski definition) is 6. The standard InChI is InChI=1S/C22H27ClN2O6S/c1-22(2,3)15-6-11-19(30-5)18(12-15)24-20(26)14-31-21(27)13-25(4)32(28,29)17-9-7-16(23)8-10-17/h6-12H,13-14H2,1-5H3,(H,24,26). The third-order valence-electron chi connectivity index (χ3n) is 4.58. The van der Waals surface area contributed by atoms with Gasteiger partial charge in [0.1, 0.15) is 12.3 Å². The van der Waals surface area contributed by atoms with E-state index in [2.05, 4.69) is 5.32 Å². The number of sulfonamides is 1. The van der Waals surface area contributed by atoms with Crippen molar-refractivity contribution in [1.82, 2.24) is 4.31 Å². The predicted octanol–water partition coefficient (Wildman–Crippen LogP) is 3.45. The van der Waals surface area contributed by atoms with E-state index in [0.717, 1.165) is 9.87 Å². The van der Waals surface area contributed by atoms with Crippen LogP contribution in [0.3, 0.4) is 0 Å². The Morgan fingerprint density at radius 1 is 1.09 bits per heavy atom. The highest BCUT2D eigenvalue weighted by atomic mass is 35.5. The molecule has 1 N–H and O–H groups in total. The summed E-state index contributed by atoms with van der Waals surface area (Å²) in [6.07, 6.45) is 0. The molecule has 0 unspecified atom stereocenters. The van der Waals surface area contributed by atoms with Crippen LogP contribution in [-0.2, 0) is 29.8 Å². The topological polar surface area (TPSA) is 102 Å². The summed E-state index contributed by atoms with van der Waals surface area (Å²) in [4.78, 5) is 24.4. The Morgan fingerprint density at radius 2 is 1.72 bits per heavy atom. The molecule has 2 aromatic carbocycles. The van der Waals surface area contributed by atoms with Crippen LogP contribution >= 0.6 is 11.6 Å². The van der Waals surface area contributed by atoms with Gasteiger partial charge >= 0.3 is 5.97 Å². The minimum atomic E-state index is -3.91. The second kappa shape index (κ2) is 10.3. The van der Waals surface area contributed by atoms with Crippen molar-refractivity contribution in [3.63, 3.8) is 0 Å². The SMILES string of the molecule is COc1ccc(C(C)(C)C)cc1NC(=O)COC(=O)CN(C)S(=O)(=O)c1ccc(Cl)cc1. The van der Waals surface area contributed by atoms with Gasteiger partial charge in [-0.3, -0.25) is 9.59 Å². The first-order valence-corrected chi connectivity index (χ1v) is 11.5. The summed E-state index contributed by atoms with van der Waals surface area (Å²) in [6, 6.07) is 11.0. The van der Waals surface area contributed by atoms with Crippen molar-refractivity contribution in [1.29, 1.82) is 0 Å². The summed E-state index contributed by atoms with van der Waals surface area (Å²) in [5.74, 6) is -0.979. The lowest BCUT2D eigenvalue weighted by Crippen LogP contribution is -2.34. The lowest BCUT2D eigenvalue weighted by atomic mass is 9.87. The van der Waals surface area contributed by atoms with Crippen LogP contribution in [0.25, 0.3) is 0 Å². The van der Waals surface area contributed by atoms with Gasteiger partial charge in [-0.1, -0.05) is 38.4 Å².